The molecule has 0 aliphatic heterocycles. The van der Waals surface area contributed by atoms with Crippen LogP contribution in [0.1, 0.15) is 25.8 Å². The molecule has 0 fully saturated rings. The van der Waals surface area contributed by atoms with Crippen LogP contribution >= 0.6 is 0 Å². The third-order valence-electron chi connectivity index (χ3n) is 2.34. The van der Waals surface area contributed by atoms with Crippen molar-refractivity contribution in [3.05, 3.63) is 35.6 Å². The topological polar surface area (TPSA) is 21.3 Å². The lowest BCUT2D eigenvalue weighted by atomic mass is 10.2. The van der Waals surface area contributed by atoms with Crippen LogP contribution in [0.3, 0.4) is 0 Å². The van der Waals surface area contributed by atoms with Crippen LogP contribution in [0.15, 0.2) is 24.3 Å². The zero-order valence-corrected chi connectivity index (χ0v) is 10.7. The third kappa shape index (κ3) is 7.08. The highest BCUT2D eigenvalue weighted by atomic mass is 19.1. The van der Waals surface area contributed by atoms with E-state index in [1.807, 2.05) is 0 Å². The highest BCUT2D eigenvalue weighted by Crippen LogP contribution is 2.01. The van der Waals surface area contributed by atoms with Crippen molar-refractivity contribution in [3.63, 3.8) is 0 Å². The van der Waals surface area contributed by atoms with Crippen LogP contribution in [0, 0.1) is 11.7 Å². The van der Waals surface area contributed by atoms with E-state index in [1.54, 1.807) is 12.1 Å². The molecule has 1 N–H and O–H groups in total. The Morgan fingerprint density at radius 3 is 2.59 bits per heavy atom. The third-order valence-corrected chi connectivity index (χ3v) is 2.34. The van der Waals surface area contributed by atoms with Gasteiger partial charge in [0.1, 0.15) is 5.82 Å². The van der Waals surface area contributed by atoms with Crippen molar-refractivity contribution in [2.24, 2.45) is 5.92 Å². The second-order valence-electron chi connectivity index (χ2n) is 4.63. The van der Waals surface area contributed by atoms with Crippen molar-refractivity contribution in [1.29, 1.82) is 0 Å². The van der Waals surface area contributed by atoms with Crippen molar-refractivity contribution >= 4 is 0 Å². The molecule has 0 aliphatic carbocycles. The molecule has 17 heavy (non-hydrogen) atoms. The number of benzene rings is 1. The number of ether oxygens (including phenoxy) is 1. The maximum absolute atomic E-state index is 12.6. The van der Waals surface area contributed by atoms with E-state index in [0.717, 1.165) is 38.3 Å². The molecule has 0 aromatic heterocycles. The summed E-state index contributed by atoms with van der Waals surface area (Å²) in [6, 6.07) is 6.58. The first-order valence-corrected chi connectivity index (χ1v) is 6.21. The molecule has 3 heteroatoms. The van der Waals surface area contributed by atoms with Gasteiger partial charge >= 0.3 is 0 Å². The van der Waals surface area contributed by atoms with Gasteiger partial charge in [0, 0.05) is 19.8 Å². The molecule has 0 amide bonds. The molecule has 1 rings (SSSR count). The molecule has 1 aromatic carbocycles. The summed E-state index contributed by atoms with van der Waals surface area (Å²) in [5, 5.41) is 3.31. The van der Waals surface area contributed by atoms with Crippen molar-refractivity contribution in [3.8, 4) is 0 Å². The second kappa shape index (κ2) is 8.20. The number of hydrogen-bond donors (Lipinski definition) is 1. The van der Waals surface area contributed by atoms with Gasteiger partial charge in [0.25, 0.3) is 0 Å². The summed E-state index contributed by atoms with van der Waals surface area (Å²) < 4.78 is 18.1. The van der Waals surface area contributed by atoms with Crippen molar-refractivity contribution in [2.45, 2.75) is 26.8 Å². The van der Waals surface area contributed by atoms with Crippen LogP contribution in [0.4, 0.5) is 4.39 Å². The largest absolute Gasteiger partial charge is 0.381 e. The minimum atomic E-state index is -0.184. The van der Waals surface area contributed by atoms with E-state index in [1.165, 1.54) is 12.1 Å². The fraction of sp³-hybridized carbons (Fsp3) is 0.571. The van der Waals surface area contributed by atoms with Crippen molar-refractivity contribution < 1.29 is 9.13 Å². The van der Waals surface area contributed by atoms with E-state index < -0.39 is 0 Å². The first-order valence-electron chi connectivity index (χ1n) is 6.21. The van der Waals surface area contributed by atoms with Crippen LogP contribution in [0.5, 0.6) is 0 Å². The molecule has 0 spiro atoms. The fourth-order valence-corrected chi connectivity index (χ4v) is 1.45. The van der Waals surface area contributed by atoms with Crippen LogP contribution in [0.2, 0.25) is 0 Å². The Balaban J connectivity index is 1.99. The molecule has 1 aromatic rings. The van der Waals surface area contributed by atoms with Gasteiger partial charge in [-0.25, -0.2) is 4.39 Å². The Morgan fingerprint density at radius 1 is 1.24 bits per heavy atom. The van der Waals surface area contributed by atoms with Crippen LogP contribution in [-0.2, 0) is 11.3 Å². The van der Waals surface area contributed by atoms with Crippen LogP contribution < -0.4 is 5.32 Å². The summed E-state index contributed by atoms with van der Waals surface area (Å²) >= 11 is 0. The summed E-state index contributed by atoms with van der Waals surface area (Å²) in [5.41, 5.74) is 1.11. The fourth-order valence-electron chi connectivity index (χ4n) is 1.45. The Hall–Kier alpha value is -0.930. The number of halogens is 1. The van der Waals surface area contributed by atoms with Gasteiger partial charge in [-0.15, -0.1) is 0 Å². The van der Waals surface area contributed by atoms with E-state index in [9.17, 15) is 4.39 Å². The van der Waals surface area contributed by atoms with Gasteiger partial charge < -0.3 is 10.1 Å². The summed E-state index contributed by atoms with van der Waals surface area (Å²) in [4.78, 5) is 0. The number of rotatable bonds is 8. The monoisotopic (exact) mass is 239 g/mol. The maximum atomic E-state index is 12.6. The van der Waals surface area contributed by atoms with Crippen LogP contribution in [-0.4, -0.2) is 19.8 Å². The zero-order chi connectivity index (χ0) is 12.5. The Kier molecular flexibility index (Phi) is 6.82. The predicted octanol–water partition coefficient (Wildman–Crippen LogP) is 2.98. The second-order valence-corrected chi connectivity index (χ2v) is 4.63. The van der Waals surface area contributed by atoms with E-state index in [2.05, 4.69) is 19.2 Å². The summed E-state index contributed by atoms with van der Waals surface area (Å²) in [5.74, 6) is 0.415. The van der Waals surface area contributed by atoms with Gasteiger partial charge in [-0.3, -0.25) is 0 Å². The maximum Gasteiger partial charge on any atom is 0.123 e. The minimum absolute atomic E-state index is 0.184. The molecule has 0 aliphatic rings. The molecular weight excluding hydrogens is 217 g/mol. The highest BCUT2D eigenvalue weighted by Gasteiger charge is 1.95. The zero-order valence-electron chi connectivity index (χ0n) is 10.7. The van der Waals surface area contributed by atoms with Gasteiger partial charge in [-0.1, -0.05) is 26.0 Å². The lowest BCUT2D eigenvalue weighted by Gasteiger charge is -2.07. The predicted molar refractivity (Wildman–Crippen MR) is 68.4 cm³/mol. The Labute approximate surface area is 103 Å². The molecule has 0 saturated heterocycles. The molecule has 0 heterocycles. The molecule has 0 bridgehead atoms. The molecule has 0 radical (unpaired) electrons. The number of hydrogen-bond acceptors (Lipinski definition) is 2. The van der Waals surface area contributed by atoms with E-state index in [-0.39, 0.29) is 5.82 Å². The highest BCUT2D eigenvalue weighted by molar-refractivity contribution is 5.15. The van der Waals surface area contributed by atoms with Gasteiger partial charge in [0.15, 0.2) is 0 Å². The minimum Gasteiger partial charge on any atom is -0.381 e. The average Bonchev–Trinajstić information content (AvgIpc) is 2.30. The smallest absolute Gasteiger partial charge is 0.123 e. The van der Waals surface area contributed by atoms with Gasteiger partial charge in [-0.2, -0.15) is 0 Å². The molecular formula is C14H22FNO. The molecule has 0 atom stereocenters. The molecule has 0 unspecified atom stereocenters. The molecule has 96 valence electrons. The van der Waals surface area contributed by atoms with Gasteiger partial charge in [0.05, 0.1) is 0 Å². The van der Waals surface area contributed by atoms with Gasteiger partial charge in [0.2, 0.25) is 0 Å². The summed E-state index contributed by atoms with van der Waals surface area (Å²) in [6.07, 6.45) is 1.01. The van der Waals surface area contributed by atoms with Crippen molar-refractivity contribution in [1.82, 2.24) is 5.32 Å². The normalized spacial score (nSPS) is 11.1. The van der Waals surface area contributed by atoms with Crippen LogP contribution in [0.25, 0.3) is 0 Å². The average molecular weight is 239 g/mol. The SMILES string of the molecule is CC(C)COCCCNCc1ccc(F)cc1. The quantitative estimate of drug-likeness (QED) is 0.704. The number of nitrogens with one attached hydrogen (secondary N) is 1. The molecule has 0 saturated carbocycles. The lowest BCUT2D eigenvalue weighted by Crippen LogP contribution is -2.16. The van der Waals surface area contributed by atoms with E-state index in [0.29, 0.717) is 5.92 Å². The summed E-state index contributed by atoms with van der Waals surface area (Å²) in [7, 11) is 0. The van der Waals surface area contributed by atoms with Crippen molar-refractivity contribution in [2.75, 3.05) is 19.8 Å². The summed E-state index contributed by atoms with van der Waals surface area (Å²) in [6.45, 7) is 7.63. The van der Waals surface area contributed by atoms with E-state index in [4.69, 9.17) is 4.74 Å². The first-order chi connectivity index (χ1) is 8.18. The molecule has 2 nitrogen and oxygen atoms in total. The standard InChI is InChI=1S/C14H22FNO/c1-12(2)11-17-9-3-8-16-10-13-4-6-14(15)7-5-13/h4-7,12,16H,3,8-11H2,1-2H3. The van der Waals surface area contributed by atoms with E-state index >= 15 is 0 Å². The Bertz CT molecular complexity index is 298. The van der Waals surface area contributed by atoms with Gasteiger partial charge in [-0.05, 0) is 36.6 Å². The first kappa shape index (κ1) is 14.1. The lowest BCUT2D eigenvalue weighted by molar-refractivity contribution is 0.108. The Morgan fingerprint density at radius 2 is 1.94 bits per heavy atom.